The van der Waals surface area contributed by atoms with Crippen molar-refractivity contribution >= 4 is 0 Å². The van der Waals surface area contributed by atoms with Crippen molar-refractivity contribution in [1.82, 2.24) is 5.32 Å². The first-order valence-electron chi connectivity index (χ1n) is 7.38. The van der Waals surface area contributed by atoms with Crippen molar-refractivity contribution in [3.8, 4) is 11.5 Å². The Kier molecular flexibility index (Phi) is 5.64. The summed E-state index contributed by atoms with van der Waals surface area (Å²) in [6.45, 7) is 5.70. The normalized spacial score (nSPS) is 12.0. The van der Waals surface area contributed by atoms with Gasteiger partial charge in [0.25, 0.3) is 0 Å². The van der Waals surface area contributed by atoms with Gasteiger partial charge in [0, 0.05) is 0 Å². The van der Waals surface area contributed by atoms with Gasteiger partial charge in [0.05, 0.1) is 19.8 Å². The van der Waals surface area contributed by atoms with Crippen LogP contribution >= 0.6 is 0 Å². The molecule has 0 aliphatic heterocycles. The maximum Gasteiger partial charge on any atom is 0.119 e. The first-order valence-corrected chi connectivity index (χ1v) is 7.38. The van der Waals surface area contributed by atoms with Gasteiger partial charge in [-0.3, -0.25) is 0 Å². The monoisotopic (exact) mass is 285 g/mol. The molecule has 0 bridgehead atoms. The minimum Gasteiger partial charge on any atom is -0.497 e. The zero-order valence-electron chi connectivity index (χ0n) is 12.9. The summed E-state index contributed by atoms with van der Waals surface area (Å²) >= 11 is 0. The molecule has 2 aromatic carbocycles. The maximum absolute atomic E-state index is 5.50. The molecular weight excluding hydrogens is 262 g/mol. The number of rotatable bonds is 7. The summed E-state index contributed by atoms with van der Waals surface area (Å²) in [5.41, 5.74) is 2.45. The molecule has 0 aromatic heterocycles. The Morgan fingerprint density at radius 3 is 1.81 bits per heavy atom. The van der Waals surface area contributed by atoms with E-state index in [0.717, 1.165) is 18.0 Å². The number of benzene rings is 2. The van der Waals surface area contributed by atoms with Crippen LogP contribution in [0.1, 0.15) is 31.0 Å². The summed E-state index contributed by atoms with van der Waals surface area (Å²) in [4.78, 5) is 0. The summed E-state index contributed by atoms with van der Waals surface area (Å²) in [5.74, 6) is 1.78. The fraction of sp³-hybridized carbons (Fsp3) is 0.333. The van der Waals surface area contributed by atoms with Crippen molar-refractivity contribution in [3.05, 3.63) is 59.7 Å². The fourth-order valence-electron chi connectivity index (χ4n) is 2.35. The highest BCUT2D eigenvalue weighted by atomic mass is 16.5. The Bertz CT molecular complexity index is 534. The highest BCUT2D eigenvalue weighted by molar-refractivity contribution is 5.37. The lowest BCUT2D eigenvalue weighted by atomic mass is 9.98. The molecule has 0 aliphatic rings. The molecule has 21 heavy (non-hydrogen) atoms. The SMILES string of the molecule is CCNC(c1ccc(OC)cc1)c1ccc(OCC)cc1. The predicted molar refractivity (Wildman–Crippen MR) is 86.1 cm³/mol. The van der Waals surface area contributed by atoms with E-state index in [1.165, 1.54) is 11.1 Å². The van der Waals surface area contributed by atoms with Gasteiger partial charge < -0.3 is 14.8 Å². The molecule has 0 spiro atoms. The standard InChI is InChI=1S/C18H23NO2/c1-4-19-18(14-6-10-16(20-3)11-7-14)15-8-12-17(13-9-15)21-5-2/h6-13,18-19H,4-5H2,1-3H3. The number of hydrogen-bond donors (Lipinski definition) is 1. The molecule has 0 heterocycles. The fourth-order valence-corrected chi connectivity index (χ4v) is 2.35. The maximum atomic E-state index is 5.50. The van der Waals surface area contributed by atoms with Crippen LogP contribution in [0, 0.1) is 0 Å². The number of hydrogen-bond acceptors (Lipinski definition) is 3. The summed E-state index contributed by atoms with van der Waals surface area (Å²) in [6, 6.07) is 16.6. The van der Waals surface area contributed by atoms with Crippen LogP contribution in [0.15, 0.2) is 48.5 Å². The van der Waals surface area contributed by atoms with Gasteiger partial charge in [0.15, 0.2) is 0 Å². The van der Waals surface area contributed by atoms with Crippen molar-refractivity contribution in [2.45, 2.75) is 19.9 Å². The molecule has 1 unspecified atom stereocenters. The van der Waals surface area contributed by atoms with Crippen molar-refractivity contribution in [1.29, 1.82) is 0 Å². The zero-order valence-corrected chi connectivity index (χ0v) is 12.9. The van der Waals surface area contributed by atoms with Gasteiger partial charge in [-0.2, -0.15) is 0 Å². The Labute approximate surface area is 126 Å². The van der Waals surface area contributed by atoms with E-state index in [4.69, 9.17) is 9.47 Å². The van der Waals surface area contributed by atoms with E-state index >= 15 is 0 Å². The molecule has 3 heteroatoms. The van der Waals surface area contributed by atoms with Gasteiger partial charge in [0.2, 0.25) is 0 Å². The molecule has 0 fully saturated rings. The molecule has 0 saturated heterocycles. The quantitative estimate of drug-likeness (QED) is 0.839. The Hall–Kier alpha value is -2.00. The minimum atomic E-state index is 0.177. The minimum absolute atomic E-state index is 0.177. The van der Waals surface area contributed by atoms with E-state index in [9.17, 15) is 0 Å². The third kappa shape index (κ3) is 3.99. The first kappa shape index (κ1) is 15.4. The smallest absolute Gasteiger partial charge is 0.119 e. The zero-order chi connectivity index (χ0) is 15.1. The van der Waals surface area contributed by atoms with Crippen LogP contribution in [0.25, 0.3) is 0 Å². The number of methoxy groups -OCH3 is 1. The van der Waals surface area contributed by atoms with Crippen molar-refractivity contribution < 1.29 is 9.47 Å². The highest BCUT2D eigenvalue weighted by Crippen LogP contribution is 2.25. The molecule has 0 radical (unpaired) electrons. The van der Waals surface area contributed by atoms with Crippen molar-refractivity contribution in [2.24, 2.45) is 0 Å². The third-order valence-corrected chi connectivity index (χ3v) is 3.38. The lowest BCUT2D eigenvalue weighted by molar-refractivity contribution is 0.340. The molecule has 2 aromatic rings. The lowest BCUT2D eigenvalue weighted by Crippen LogP contribution is -2.21. The molecule has 2 rings (SSSR count). The summed E-state index contributed by atoms with van der Waals surface area (Å²) < 4.78 is 10.7. The predicted octanol–water partition coefficient (Wildman–Crippen LogP) is 3.79. The van der Waals surface area contributed by atoms with Crippen LogP contribution in [0.3, 0.4) is 0 Å². The first-order chi connectivity index (χ1) is 10.3. The van der Waals surface area contributed by atoms with E-state index < -0.39 is 0 Å². The van der Waals surface area contributed by atoms with Crippen LogP contribution in [-0.4, -0.2) is 20.3 Å². The van der Waals surface area contributed by atoms with Crippen molar-refractivity contribution in [3.63, 3.8) is 0 Å². The van der Waals surface area contributed by atoms with Gasteiger partial charge in [-0.15, -0.1) is 0 Å². The molecule has 1 atom stereocenters. The molecule has 3 nitrogen and oxygen atoms in total. The van der Waals surface area contributed by atoms with Gasteiger partial charge in [0.1, 0.15) is 11.5 Å². The Balaban J connectivity index is 2.24. The van der Waals surface area contributed by atoms with Crippen LogP contribution in [0.2, 0.25) is 0 Å². The van der Waals surface area contributed by atoms with Gasteiger partial charge in [-0.05, 0) is 48.9 Å². The average Bonchev–Trinajstić information content (AvgIpc) is 2.54. The summed E-state index contributed by atoms with van der Waals surface area (Å²) in [7, 11) is 1.68. The van der Waals surface area contributed by atoms with E-state index in [1.807, 2.05) is 31.2 Å². The van der Waals surface area contributed by atoms with Crippen LogP contribution in [-0.2, 0) is 0 Å². The molecule has 0 aliphatic carbocycles. The van der Waals surface area contributed by atoms with Gasteiger partial charge in [-0.25, -0.2) is 0 Å². The lowest BCUT2D eigenvalue weighted by Gasteiger charge is -2.19. The summed E-state index contributed by atoms with van der Waals surface area (Å²) in [6.07, 6.45) is 0. The largest absolute Gasteiger partial charge is 0.497 e. The molecule has 1 N–H and O–H groups in total. The summed E-state index contributed by atoms with van der Waals surface area (Å²) in [5, 5.41) is 3.52. The average molecular weight is 285 g/mol. The topological polar surface area (TPSA) is 30.5 Å². The Morgan fingerprint density at radius 1 is 0.857 bits per heavy atom. The van der Waals surface area contributed by atoms with E-state index in [1.54, 1.807) is 7.11 Å². The molecule has 112 valence electrons. The second kappa shape index (κ2) is 7.70. The van der Waals surface area contributed by atoms with Crippen LogP contribution < -0.4 is 14.8 Å². The van der Waals surface area contributed by atoms with Crippen LogP contribution in [0.4, 0.5) is 0 Å². The van der Waals surface area contributed by atoms with E-state index in [-0.39, 0.29) is 6.04 Å². The van der Waals surface area contributed by atoms with Crippen LogP contribution in [0.5, 0.6) is 11.5 Å². The second-order valence-electron chi connectivity index (χ2n) is 4.77. The van der Waals surface area contributed by atoms with E-state index in [0.29, 0.717) is 6.61 Å². The van der Waals surface area contributed by atoms with Gasteiger partial charge in [-0.1, -0.05) is 31.2 Å². The molecule has 0 amide bonds. The highest BCUT2D eigenvalue weighted by Gasteiger charge is 2.13. The second-order valence-corrected chi connectivity index (χ2v) is 4.77. The Morgan fingerprint density at radius 2 is 1.38 bits per heavy atom. The number of ether oxygens (including phenoxy) is 2. The third-order valence-electron chi connectivity index (χ3n) is 3.38. The van der Waals surface area contributed by atoms with Gasteiger partial charge >= 0.3 is 0 Å². The van der Waals surface area contributed by atoms with E-state index in [2.05, 4.69) is 36.5 Å². The molecular formula is C18H23NO2. The number of nitrogens with one attached hydrogen (secondary N) is 1. The molecule has 0 saturated carbocycles. The van der Waals surface area contributed by atoms with Crippen molar-refractivity contribution in [2.75, 3.05) is 20.3 Å².